The molecule has 0 spiro atoms. The number of rotatable bonds is 3. The van der Waals surface area contributed by atoms with Crippen LogP contribution in [0.2, 0.25) is 0 Å². The number of aliphatic hydroxyl groups excluding tert-OH is 1. The first-order valence-electron chi connectivity index (χ1n) is 6.83. The van der Waals surface area contributed by atoms with Gasteiger partial charge >= 0.3 is 0 Å². The van der Waals surface area contributed by atoms with Crippen molar-refractivity contribution in [1.29, 1.82) is 0 Å². The summed E-state index contributed by atoms with van der Waals surface area (Å²) in [7, 11) is 3.89. The van der Waals surface area contributed by atoms with E-state index < -0.39 is 0 Å². The van der Waals surface area contributed by atoms with Crippen molar-refractivity contribution in [3.05, 3.63) is 29.8 Å². The van der Waals surface area contributed by atoms with Gasteiger partial charge in [0.25, 0.3) is 5.91 Å². The van der Waals surface area contributed by atoms with E-state index in [0.717, 1.165) is 5.69 Å². The number of carbonyl (C=O) groups excluding carboxylic acids is 1. The van der Waals surface area contributed by atoms with E-state index in [1.165, 1.54) is 0 Å². The number of aliphatic hydroxyl groups is 1. The molecule has 0 bridgehead atoms. The largest absolute Gasteiger partial charge is 0.394 e. The molecule has 0 radical (unpaired) electrons. The van der Waals surface area contributed by atoms with Crippen LogP contribution in [0.3, 0.4) is 0 Å². The van der Waals surface area contributed by atoms with E-state index in [-0.39, 0.29) is 24.7 Å². The molecular weight excluding hydrogens is 256 g/mol. The molecule has 2 rings (SSSR count). The quantitative estimate of drug-likeness (QED) is 0.895. The molecule has 0 aliphatic carbocycles. The van der Waals surface area contributed by atoms with Crippen LogP contribution in [0.5, 0.6) is 0 Å². The molecule has 20 heavy (non-hydrogen) atoms. The summed E-state index contributed by atoms with van der Waals surface area (Å²) in [4.78, 5) is 16.4. The lowest BCUT2D eigenvalue weighted by atomic mass is 10.1. The number of morpholine rings is 1. The summed E-state index contributed by atoms with van der Waals surface area (Å²) < 4.78 is 5.47. The van der Waals surface area contributed by atoms with Gasteiger partial charge < -0.3 is 19.6 Å². The van der Waals surface area contributed by atoms with Gasteiger partial charge in [-0.05, 0) is 25.1 Å². The number of ether oxygens (including phenoxy) is 1. The second-order valence-corrected chi connectivity index (χ2v) is 5.39. The minimum atomic E-state index is -0.285. The second-order valence-electron chi connectivity index (χ2n) is 5.39. The SMILES string of the molecule is CC1COC(CO)CN1C(=O)c1cccc(N(C)C)c1. The van der Waals surface area contributed by atoms with E-state index in [0.29, 0.717) is 18.7 Å². The van der Waals surface area contributed by atoms with Crippen LogP contribution in [0, 0.1) is 0 Å². The Balaban J connectivity index is 2.19. The van der Waals surface area contributed by atoms with Gasteiger partial charge in [0.1, 0.15) is 0 Å². The topological polar surface area (TPSA) is 53.0 Å². The summed E-state index contributed by atoms with van der Waals surface area (Å²) in [6, 6.07) is 7.59. The molecule has 1 saturated heterocycles. The van der Waals surface area contributed by atoms with Crippen molar-refractivity contribution in [3.63, 3.8) is 0 Å². The number of amides is 1. The van der Waals surface area contributed by atoms with Crippen LogP contribution in [0.1, 0.15) is 17.3 Å². The zero-order valence-electron chi connectivity index (χ0n) is 12.2. The third kappa shape index (κ3) is 3.11. The molecule has 1 fully saturated rings. The maximum absolute atomic E-state index is 12.6. The number of hydrogen-bond acceptors (Lipinski definition) is 4. The van der Waals surface area contributed by atoms with Crippen molar-refractivity contribution in [2.45, 2.75) is 19.1 Å². The fourth-order valence-electron chi connectivity index (χ4n) is 2.29. The van der Waals surface area contributed by atoms with Crippen molar-refractivity contribution in [1.82, 2.24) is 4.90 Å². The molecule has 1 aliphatic heterocycles. The average molecular weight is 278 g/mol. The third-order valence-corrected chi connectivity index (χ3v) is 3.58. The minimum absolute atomic E-state index is 0.0112. The molecule has 1 heterocycles. The Bertz CT molecular complexity index is 476. The highest BCUT2D eigenvalue weighted by Crippen LogP contribution is 2.19. The Morgan fingerprint density at radius 2 is 2.25 bits per heavy atom. The van der Waals surface area contributed by atoms with Crippen molar-refractivity contribution < 1.29 is 14.6 Å². The minimum Gasteiger partial charge on any atom is -0.394 e. The molecule has 1 aromatic rings. The first kappa shape index (κ1) is 14.8. The van der Waals surface area contributed by atoms with Crippen LogP contribution in [-0.2, 0) is 4.74 Å². The van der Waals surface area contributed by atoms with E-state index in [9.17, 15) is 9.90 Å². The second kappa shape index (κ2) is 6.24. The van der Waals surface area contributed by atoms with E-state index in [1.807, 2.05) is 50.2 Å². The third-order valence-electron chi connectivity index (χ3n) is 3.58. The van der Waals surface area contributed by atoms with Gasteiger partial charge in [-0.2, -0.15) is 0 Å². The number of anilines is 1. The molecule has 0 saturated carbocycles. The Morgan fingerprint density at radius 1 is 1.50 bits per heavy atom. The van der Waals surface area contributed by atoms with Gasteiger partial charge in [-0.15, -0.1) is 0 Å². The molecule has 0 aromatic heterocycles. The smallest absolute Gasteiger partial charge is 0.254 e. The van der Waals surface area contributed by atoms with Gasteiger partial charge in [0.2, 0.25) is 0 Å². The lowest BCUT2D eigenvalue weighted by Gasteiger charge is -2.37. The summed E-state index contributed by atoms with van der Waals surface area (Å²) in [6.07, 6.45) is -0.285. The van der Waals surface area contributed by atoms with E-state index >= 15 is 0 Å². The summed E-state index contributed by atoms with van der Waals surface area (Å²) in [5.41, 5.74) is 1.66. The molecule has 1 aromatic carbocycles. The van der Waals surface area contributed by atoms with Gasteiger partial charge in [0.15, 0.2) is 0 Å². The molecule has 110 valence electrons. The van der Waals surface area contributed by atoms with Gasteiger partial charge in [-0.1, -0.05) is 6.07 Å². The van der Waals surface area contributed by atoms with Crippen molar-refractivity contribution in [2.24, 2.45) is 0 Å². The summed E-state index contributed by atoms with van der Waals surface area (Å²) in [6.45, 7) is 2.79. The van der Waals surface area contributed by atoms with Crippen molar-refractivity contribution >= 4 is 11.6 Å². The first-order valence-corrected chi connectivity index (χ1v) is 6.83. The van der Waals surface area contributed by atoms with Crippen LogP contribution >= 0.6 is 0 Å². The Morgan fingerprint density at radius 3 is 2.90 bits per heavy atom. The number of nitrogens with zero attached hydrogens (tertiary/aromatic N) is 2. The Labute approximate surface area is 119 Å². The predicted molar refractivity (Wildman–Crippen MR) is 78.1 cm³/mol. The highest BCUT2D eigenvalue weighted by Gasteiger charge is 2.29. The van der Waals surface area contributed by atoms with Crippen LogP contribution in [-0.4, -0.2) is 61.9 Å². The monoisotopic (exact) mass is 278 g/mol. The van der Waals surface area contributed by atoms with Gasteiger partial charge in [0.05, 0.1) is 25.4 Å². The van der Waals surface area contributed by atoms with Crippen molar-refractivity contribution in [2.75, 3.05) is 38.8 Å². The van der Waals surface area contributed by atoms with Crippen LogP contribution in [0.15, 0.2) is 24.3 Å². The molecule has 5 nitrogen and oxygen atoms in total. The zero-order valence-corrected chi connectivity index (χ0v) is 12.2. The van der Waals surface area contributed by atoms with E-state index in [1.54, 1.807) is 4.90 Å². The fourth-order valence-corrected chi connectivity index (χ4v) is 2.29. The predicted octanol–water partition coefficient (Wildman–Crippen LogP) is 0.974. The summed E-state index contributed by atoms with van der Waals surface area (Å²) >= 11 is 0. The van der Waals surface area contributed by atoms with Gasteiger partial charge in [-0.25, -0.2) is 0 Å². The molecule has 1 N–H and O–H groups in total. The molecule has 5 heteroatoms. The zero-order chi connectivity index (χ0) is 14.7. The maximum Gasteiger partial charge on any atom is 0.254 e. The number of carbonyl (C=O) groups is 1. The molecule has 1 aliphatic rings. The molecular formula is C15H22N2O3. The molecule has 2 atom stereocenters. The Kier molecular flexibility index (Phi) is 4.62. The van der Waals surface area contributed by atoms with Crippen molar-refractivity contribution in [3.8, 4) is 0 Å². The van der Waals surface area contributed by atoms with Gasteiger partial charge in [-0.3, -0.25) is 4.79 Å². The molecule has 1 amide bonds. The van der Waals surface area contributed by atoms with Gasteiger partial charge in [0, 0.05) is 31.9 Å². The van der Waals surface area contributed by atoms with E-state index in [2.05, 4.69) is 0 Å². The standard InChI is InChI=1S/C15H22N2O3/c1-11-10-20-14(9-18)8-17(11)15(19)12-5-4-6-13(7-12)16(2)3/h4-7,11,14,18H,8-10H2,1-3H3. The van der Waals surface area contributed by atoms with E-state index in [4.69, 9.17) is 4.74 Å². The summed E-state index contributed by atoms with van der Waals surface area (Å²) in [5.74, 6) is -0.0112. The molecule has 2 unspecified atom stereocenters. The highest BCUT2D eigenvalue weighted by atomic mass is 16.5. The highest BCUT2D eigenvalue weighted by molar-refractivity contribution is 5.95. The maximum atomic E-state index is 12.6. The average Bonchev–Trinajstić information content (AvgIpc) is 2.47. The fraction of sp³-hybridized carbons (Fsp3) is 0.533. The lowest BCUT2D eigenvalue weighted by molar-refractivity contribution is -0.0667. The van der Waals surface area contributed by atoms with Crippen LogP contribution < -0.4 is 4.90 Å². The Hall–Kier alpha value is -1.59. The summed E-state index contributed by atoms with van der Waals surface area (Å²) in [5, 5.41) is 9.19. The van der Waals surface area contributed by atoms with Crippen LogP contribution in [0.4, 0.5) is 5.69 Å². The first-order chi connectivity index (χ1) is 9.52. The number of hydrogen-bond donors (Lipinski definition) is 1. The normalized spacial score (nSPS) is 22.7. The van der Waals surface area contributed by atoms with Crippen LogP contribution in [0.25, 0.3) is 0 Å². The number of benzene rings is 1. The lowest BCUT2D eigenvalue weighted by Crippen LogP contribution is -2.52.